The molecule has 30 heavy (non-hydrogen) atoms. The Kier molecular flexibility index (Phi) is 6.51. The number of carbonyl (C=O) groups is 1. The van der Waals surface area contributed by atoms with Gasteiger partial charge in [0.25, 0.3) is 0 Å². The predicted octanol–water partition coefficient (Wildman–Crippen LogP) is 2.79. The van der Waals surface area contributed by atoms with Gasteiger partial charge in [-0.3, -0.25) is 9.69 Å². The number of aryl methyl sites for hydroxylation is 2. The summed E-state index contributed by atoms with van der Waals surface area (Å²) in [7, 11) is -3.49. The normalized spacial score (nSPS) is 26.4. The van der Waals surface area contributed by atoms with Crippen LogP contribution in [-0.2, 0) is 14.8 Å². The molecule has 0 radical (unpaired) electrons. The summed E-state index contributed by atoms with van der Waals surface area (Å²) in [5, 5.41) is 0. The van der Waals surface area contributed by atoms with Gasteiger partial charge in [-0.1, -0.05) is 30.5 Å². The van der Waals surface area contributed by atoms with Gasteiger partial charge in [-0.05, 0) is 57.1 Å². The zero-order valence-electron chi connectivity index (χ0n) is 18.3. The van der Waals surface area contributed by atoms with Gasteiger partial charge in [0.2, 0.25) is 15.9 Å². The monoisotopic (exact) mass is 433 g/mol. The van der Waals surface area contributed by atoms with Crippen molar-refractivity contribution >= 4 is 15.9 Å². The Labute approximate surface area is 181 Å². The molecular formula is C23H35N3O3S. The van der Waals surface area contributed by atoms with Crippen molar-refractivity contribution in [3.63, 3.8) is 0 Å². The molecule has 1 aromatic carbocycles. The molecule has 0 aromatic heterocycles. The Bertz CT molecular complexity index is 876. The first-order valence-corrected chi connectivity index (χ1v) is 12.9. The minimum Gasteiger partial charge on any atom is -0.338 e. The number of hydrogen-bond donors (Lipinski definition) is 0. The fourth-order valence-corrected chi connectivity index (χ4v) is 7.20. The quantitative estimate of drug-likeness (QED) is 0.733. The van der Waals surface area contributed by atoms with E-state index in [1.54, 1.807) is 10.4 Å². The fraction of sp³-hybridized carbons (Fsp3) is 0.696. The summed E-state index contributed by atoms with van der Waals surface area (Å²) in [4.78, 5) is 17.7. The van der Waals surface area contributed by atoms with Crippen molar-refractivity contribution in [2.24, 2.45) is 5.92 Å². The van der Waals surface area contributed by atoms with E-state index in [1.165, 1.54) is 25.7 Å². The summed E-state index contributed by atoms with van der Waals surface area (Å²) in [5.74, 6) is 0.925. The van der Waals surface area contributed by atoms with E-state index >= 15 is 0 Å². The van der Waals surface area contributed by atoms with Crippen LogP contribution in [-0.4, -0.2) is 73.7 Å². The van der Waals surface area contributed by atoms with Crippen molar-refractivity contribution in [2.75, 3.05) is 39.3 Å². The fourth-order valence-electron chi connectivity index (χ4n) is 5.57. The Morgan fingerprint density at radius 1 is 0.967 bits per heavy atom. The van der Waals surface area contributed by atoms with Gasteiger partial charge in [0, 0.05) is 38.8 Å². The second kappa shape index (κ2) is 8.97. The van der Waals surface area contributed by atoms with Crippen molar-refractivity contribution in [2.45, 2.75) is 63.3 Å². The van der Waals surface area contributed by atoms with E-state index in [-0.39, 0.29) is 5.91 Å². The van der Waals surface area contributed by atoms with Crippen molar-refractivity contribution in [1.82, 2.24) is 14.1 Å². The molecule has 2 saturated heterocycles. The van der Waals surface area contributed by atoms with E-state index < -0.39 is 10.0 Å². The largest absolute Gasteiger partial charge is 0.338 e. The van der Waals surface area contributed by atoms with E-state index in [9.17, 15) is 13.2 Å². The molecule has 1 amide bonds. The Morgan fingerprint density at radius 2 is 1.67 bits per heavy atom. The van der Waals surface area contributed by atoms with Gasteiger partial charge >= 0.3 is 0 Å². The molecule has 166 valence electrons. The van der Waals surface area contributed by atoms with E-state index in [0.29, 0.717) is 49.6 Å². The minimum absolute atomic E-state index is 0.234. The van der Waals surface area contributed by atoms with Crippen LogP contribution in [0.1, 0.15) is 49.7 Å². The molecule has 0 bridgehead atoms. The van der Waals surface area contributed by atoms with Crippen LogP contribution in [0.15, 0.2) is 23.1 Å². The number of piperazine rings is 1. The minimum atomic E-state index is -3.49. The third kappa shape index (κ3) is 4.43. The molecule has 2 aliphatic heterocycles. The number of likely N-dealkylation sites (tertiary alicyclic amines) is 1. The SMILES string of the molecule is Cc1ccc(S(=O)(=O)N2CCN(CC(=O)N3CCC[C@H]4CCCC[C@H]43)CC2)c(C)c1. The Balaban J connectivity index is 1.35. The number of piperidine rings is 1. The van der Waals surface area contributed by atoms with E-state index in [2.05, 4.69) is 9.80 Å². The lowest BCUT2D eigenvalue weighted by molar-refractivity contribution is -0.139. The lowest BCUT2D eigenvalue weighted by atomic mass is 9.78. The van der Waals surface area contributed by atoms with Crippen LogP contribution in [0.3, 0.4) is 0 Å². The summed E-state index contributed by atoms with van der Waals surface area (Å²) in [6, 6.07) is 5.92. The van der Waals surface area contributed by atoms with Crippen molar-refractivity contribution < 1.29 is 13.2 Å². The molecule has 1 aliphatic carbocycles. The Hall–Kier alpha value is -1.44. The van der Waals surface area contributed by atoms with Crippen LogP contribution in [0.2, 0.25) is 0 Å². The van der Waals surface area contributed by atoms with Gasteiger partial charge in [0.05, 0.1) is 11.4 Å². The van der Waals surface area contributed by atoms with Crippen LogP contribution in [0.4, 0.5) is 0 Å². The number of rotatable bonds is 4. The third-order valence-electron chi connectivity index (χ3n) is 7.20. The molecular weight excluding hydrogens is 398 g/mol. The lowest BCUT2D eigenvalue weighted by Gasteiger charge is -2.45. The zero-order valence-corrected chi connectivity index (χ0v) is 19.2. The summed E-state index contributed by atoms with van der Waals surface area (Å²) < 4.78 is 27.7. The molecule has 6 nitrogen and oxygen atoms in total. The van der Waals surface area contributed by atoms with E-state index in [0.717, 1.165) is 30.5 Å². The van der Waals surface area contributed by atoms with Crippen molar-refractivity contribution in [3.8, 4) is 0 Å². The predicted molar refractivity (Wildman–Crippen MR) is 118 cm³/mol. The van der Waals surface area contributed by atoms with Gasteiger partial charge in [-0.2, -0.15) is 4.31 Å². The summed E-state index contributed by atoms with van der Waals surface area (Å²) in [5.41, 5.74) is 1.85. The van der Waals surface area contributed by atoms with E-state index in [4.69, 9.17) is 0 Å². The van der Waals surface area contributed by atoms with Crippen LogP contribution in [0.5, 0.6) is 0 Å². The molecule has 2 heterocycles. The van der Waals surface area contributed by atoms with Gasteiger partial charge in [-0.15, -0.1) is 0 Å². The van der Waals surface area contributed by atoms with Crippen LogP contribution < -0.4 is 0 Å². The maximum atomic E-state index is 13.1. The molecule has 4 rings (SSSR count). The molecule has 0 spiro atoms. The highest BCUT2D eigenvalue weighted by Gasteiger charge is 2.37. The second-order valence-corrected chi connectivity index (χ2v) is 11.2. The lowest BCUT2D eigenvalue weighted by Crippen LogP contribution is -2.55. The summed E-state index contributed by atoms with van der Waals surface area (Å²) in [6.45, 7) is 7.23. The number of nitrogens with zero attached hydrogens (tertiary/aromatic N) is 3. The molecule has 1 aromatic rings. The van der Waals surface area contributed by atoms with Crippen LogP contribution >= 0.6 is 0 Å². The first kappa shape index (κ1) is 21.8. The number of fused-ring (bicyclic) bond motifs is 1. The highest BCUT2D eigenvalue weighted by Crippen LogP contribution is 2.35. The number of hydrogen-bond acceptors (Lipinski definition) is 4. The van der Waals surface area contributed by atoms with E-state index in [1.807, 2.05) is 26.0 Å². The maximum Gasteiger partial charge on any atom is 0.243 e. The van der Waals surface area contributed by atoms with Gasteiger partial charge in [0.15, 0.2) is 0 Å². The molecule has 2 atom stereocenters. The average molecular weight is 434 g/mol. The number of benzene rings is 1. The number of amides is 1. The summed E-state index contributed by atoms with van der Waals surface area (Å²) in [6.07, 6.45) is 7.35. The van der Waals surface area contributed by atoms with Crippen LogP contribution in [0, 0.1) is 19.8 Å². The molecule has 3 aliphatic rings. The average Bonchev–Trinajstić information content (AvgIpc) is 2.73. The summed E-state index contributed by atoms with van der Waals surface area (Å²) >= 11 is 0. The smallest absolute Gasteiger partial charge is 0.243 e. The number of carbonyl (C=O) groups excluding carboxylic acids is 1. The third-order valence-corrected chi connectivity index (χ3v) is 9.26. The first-order valence-electron chi connectivity index (χ1n) is 11.5. The molecule has 0 N–H and O–H groups in total. The molecule has 7 heteroatoms. The highest BCUT2D eigenvalue weighted by atomic mass is 32.2. The standard InChI is InChI=1S/C23H35N3O3S/c1-18-9-10-22(19(2)16-18)30(28,29)25-14-12-24(13-15-25)17-23(27)26-11-5-7-20-6-3-4-8-21(20)26/h9-10,16,20-21H,3-8,11-15,17H2,1-2H3/t20-,21-/m1/s1. The molecule has 3 fully saturated rings. The highest BCUT2D eigenvalue weighted by molar-refractivity contribution is 7.89. The van der Waals surface area contributed by atoms with Crippen LogP contribution in [0.25, 0.3) is 0 Å². The molecule has 1 saturated carbocycles. The molecule has 0 unspecified atom stereocenters. The maximum absolute atomic E-state index is 13.1. The van der Waals surface area contributed by atoms with Gasteiger partial charge in [-0.25, -0.2) is 8.42 Å². The second-order valence-electron chi connectivity index (χ2n) is 9.29. The Morgan fingerprint density at radius 3 is 2.40 bits per heavy atom. The topological polar surface area (TPSA) is 60.9 Å². The number of sulfonamides is 1. The van der Waals surface area contributed by atoms with Gasteiger partial charge in [0.1, 0.15) is 0 Å². The first-order chi connectivity index (χ1) is 14.4. The zero-order chi connectivity index (χ0) is 21.3. The van der Waals surface area contributed by atoms with Gasteiger partial charge < -0.3 is 4.90 Å². The van der Waals surface area contributed by atoms with Crippen molar-refractivity contribution in [3.05, 3.63) is 29.3 Å². The van der Waals surface area contributed by atoms with Crippen molar-refractivity contribution in [1.29, 1.82) is 0 Å².